The summed E-state index contributed by atoms with van der Waals surface area (Å²) in [6.45, 7) is 7.04. The monoisotopic (exact) mass is 327 g/mol. The highest BCUT2D eigenvalue weighted by molar-refractivity contribution is 7.10. The predicted octanol–water partition coefficient (Wildman–Crippen LogP) is 3.13. The molecule has 2 aromatic heterocycles. The molecule has 0 aliphatic heterocycles. The summed E-state index contributed by atoms with van der Waals surface area (Å²) in [6.07, 6.45) is 0. The van der Waals surface area contributed by atoms with E-state index in [0.717, 1.165) is 28.7 Å². The minimum Gasteiger partial charge on any atom is -0.358 e. The Hall–Kier alpha value is -1.91. The average Bonchev–Trinajstić information content (AvgIpc) is 3.08. The Kier molecular flexibility index (Phi) is 4.37. The normalized spacial score (nSPS) is 14.1. The van der Waals surface area contributed by atoms with Crippen LogP contribution in [0.3, 0.4) is 0 Å². The van der Waals surface area contributed by atoms with E-state index in [0.29, 0.717) is 0 Å². The minimum absolute atomic E-state index is 0.0746. The van der Waals surface area contributed by atoms with Crippen molar-refractivity contribution in [1.29, 1.82) is 0 Å². The molecule has 23 heavy (non-hydrogen) atoms. The molecule has 0 aliphatic rings. The maximum absolute atomic E-state index is 13.1. The molecule has 3 nitrogen and oxygen atoms in total. The summed E-state index contributed by atoms with van der Waals surface area (Å²) in [5.41, 5.74) is 4.16. The van der Waals surface area contributed by atoms with Crippen LogP contribution in [0.2, 0.25) is 0 Å². The largest absolute Gasteiger partial charge is 0.358 e. The molecule has 0 amide bonds. The summed E-state index contributed by atoms with van der Waals surface area (Å²) in [4.78, 5) is 19.0. The molecule has 0 spiro atoms. The third kappa shape index (κ3) is 2.96. The summed E-state index contributed by atoms with van der Waals surface area (Å²) >= 11 is 1.77. The van der Waals surface area contributed by atoms with Crippen LogP contribution in [0.1, 0.15) is 33.4 Å². The van der Waals surface area contributed by atoms with E-state index in [4.69, 9.17) is 0 Å². The number of carbonyl (C=O) groups is 1. The summed E-state index contributed by atoms with van der Waals surface area (Å²) in [6, 6.07) is 10.1. The van der Waals surface area contributed by atoms with Crippen molar-refractivity contribution in [3.8, 4) is 0 Å². The molecule has 0 saturated heterocycles. The van der Waals surface area contributed by atoms with Crippen LogP contribution in [-0.4, -0.2) is 23.9 Å². The number of Topliss-reactive ketones (excluding diaryl/α,β-unsaturated/α-hetero) is 1. The predicted molar refractivity (Wildman–Crippen MR) is 96.5 cm³/mol. The molecule has 120 valence electrons. The number of H-pyrrole nitrogens is 1. The third-order valence-electron chi connectivity index (χ3n) is 4.68. The molecule has 3 rings (SSSR count). The lowest BCUT2D eigenvalue weighted by atomic mass is 10.0. The van der Waals surface area contributed by atoms with Gasteiger partial charge in [0.2, 0.25) is 5.78 Å². The number of ketones is 1. The quantitative estimate of drug-likeness (QED) is 0.694. The van der Waals surface area contributed by atoms with Crippen molar-refractivity contribution in [2.45, 2.75) is 33.4 Å². The summed E-state index contributed by atoms with van der Waals surface area (Å²) in [5.74, 6) is 0.214. The minimum atomic E-state index is -0.0746. The van der Waals surface area contributed by atoms with Crippen LogP contribution in [0.5, 0.6) is 0 Å². The fourth-order valence-corrected chi connectivity index (χ4v) is 4.03. The van der Waals surface area contributed by atoms with Gasteiger partial charge < -0.3 is 9.88 Å². The molecule has 1 unspecified atom stereocenters. The smallest absolute Gasteiger partial charge is 0.222 e. The van der Waals surface area contributed by atoms with Gasteiger partial charge in [-0.25, -0.2) is 0 Å². The highest BCUT2D eigenvalue weighted by Crippen LogP contribution is 2.23. The number of aromatic amines is 1. The first-order valence-corrected chi connectivity index (χ1v) is 8.83. The lowest BCUT2D eigenvalue weighted by molar-refractivity contribution is -0.907. The number of thiophene rings is 1. The lowest BCUT2D eigenvalue weighted by Gasteiger charge is -2.20. The van der Waals surface area contributed by atoms with Crippen LogP contribution in [0.15, 0.2) is 35.7 Å². The summed E-state index contributed by atoms with van der Waals surface area (Å²) in [5, 5.41) is 3.15. The number of hydrogen-bond donors (Lipinski definition) is 2. The Morgan fingerprint density at radius 1 is 1.26 bits per heavy atom. The fraction of sp³-hybridized carbons (Fsp3) is 0.316. The first-order valence-electron chi connectivity index (χ1n) is 7.96. The number of fused-ring (bicyclic) bond motifs is 1. The summed E-state index contributed by atoms with van der Waals surface area (Å²) < 4.78 is 0. The van der Waals surface area contributed by atoms with Crippen LogP contribution >= 0.6 is 11.3 Å². The van der Waals surface area contributed by atoms with E-state index < -0.39 is 0 Å². The van der Waals surface area contributed by atoms with Gasteiger partial charge in [0.25, 0.3) is 0 Å². The Morgan fingerprint density at radius 3 is 2.70 bits per heavy atom. The zero-order chi connectivity index (χ0) is 16.6. The topological polar surface area (TPSA) is 37.3 Å². The first kappa shape index (κ1) is 16.0. The van der Waals surface area contributed by atoms with Gasteiger partial charge in [0.1, 0.15) is 12.6 Å². The fourth-order valence-electron chi connectivity index (χ4n) is 3.03. The molecule has 2 atom stereocenters. The molecule has 3 aromatic rings. The number of aromatic nitrogens is 1. The first-order chi connectivity index (χ1) is 11.0. The van der Waals surface area contributed by atoms with E-state index in [1.807, 2.05) is 38.1 Å². The van der Waals surface area contributed by atoms with Crippen molar-refractivity contribution in [1.82, 2.24) is 4.98 Å². The number of quaternary nitrogens is 1. The second-order valence-electron chi connectivity index (χ2n) is 6.31. The van der Waals surface area contributed by atoms with Crippen molar-refractivity contribution in [3.63, 3.8) is 0 Å². The van der Waals surface area contributed by atoms with Gasteiger partial charge >= 0.3 is 0 Å². The Balaban J connectivity index is 1.86. The Bertz CT molecular complexity index is 846. The zero-order valence-corrected chi connectivity index (χ0v) is 14.9. The number of aryl methyl sites for hydroxylation is 2. The van der Waals surface area contributed by atoms with Gasteiger partial charge in [-0.2, -0.15) is 0 Å². The van der Waals surface area contributed by atoms with Gasteiger partial charge in [0.05, 0.1) is 17.5 Å². The molecule has 0 fully saturated rings. The summed E-state index contributed by atoms with van der Waals surface area (Å²) in [7, 11) is 2.10. The molecule has 2 N–H and O–H groups in total. The second kappa shape index (κ2) is 6.30. The van der Waals surface area contributed by atoms with Gasteiger partial charge in [-0.05, 0) is 43.8 Å². The molecule has 2 heterocycles. The van der Waals surface area contributed by atoms with Crippen molar-refractivity contribution < 1.29 is 9.69 Å². The van der Waals surface area contributed by atoms with Crippen LogP contribution < -0.4 is 4.90 Å². The zero-order valence-electron chi connectivity index (χ0n) is 14.1. The molecule has 0 aliphatic carbocycles. The lowest BCUT2D eigenvalue weighted by Crippen LogP contribution is -3.12. The van der Waals surface area contributed by atoms with Gasteiger partial charge in [0.15, 0.2) is 0 Å². The maximum atomic E-state index is 13.1. The van der Waals surface area contributed by atoms with Crippen molar-refractivity contribution in [3.05, 3.63) is 57.4 Å². The van der Waals surface area contributed by atoms with Gasteiger partial charge in [-0.3, -0.25) is 4.79 Å². The highest BCUT2D eigenvalue weighted by Gasteiger charge is 2.27. The number of likely N-dealkylation sites (N-methyl/N-ethyl adjacent to an activating group) is 1. The highest BCUT2D eigenvalue weighted by atomic mass is 32.1. The van der Waals surface area contributed by atoms with Gasteiger partial charge in [0, 0.05) is 16.6 Å². The number of para-hydroxylation sites is 1. The molecular formula is C19H23N2OS+. The molecular weight excluding hydrogens is 304 g/mol. The van der Waals surface area contributed by atoms with Crippen molar-refractivity contribution >= 4 is 28.0 Å². The third-order valence-corrected chi connectivity index (χ3v) is 5.70. The van der Waals surface area contributed by atoms with E-state index in [-0.39, 0.29) is 11.8 Å². The molecule has 4 heteroatoms. The van der Waals surface area contributed by atoms with Gasteiger partial charge in [-0.1, -0.05) is 18.2 Å². The van der Waals surface area contributed by atoms with Crippen molar-refractivity contribution in [2.24, 2.45) is 0 Å². The number of nitrogens with one attached hydrogen (secondary N) is 2. The van der Waals surface area contributed by atoms with E-state index in [2.05, 4.69) is 30.4 Å². The number of rotatable bonds is 5. The maximum Gasteiger partial charge on any atom is 0.222 e. The molecule has 0 saturated carbocycles. The van der Waals surface area contributed by atoms with Crippen LogP contribution in [0.4, 0.5) is 0 Å². The van der Waals surface area contributed by atoms with E-state index >= 15 is 0 Å². The Labute approximate surface area is 140 Å². The van der Waals surface area contributed by atoms with E-state index in [9.17, 15) is 4.79 Å². The number of benzene rings is 1. The van der Waals surface area contributed by atoms with Crippen LogP contribution in [-0.2, 0) is 6.54 Å². The molecule has 0 radical (unpaired) electrons. The number of hydrogen-bond acceptors (Lipinski definition) is 2. The number of carbonyl (C=O) groups excluding carboxylic acids is 1. The van der Waals surface area contributed by atoms with Gasteiger partial charge in [-0.15, -0.1) is 11.3 Å². The molecule has 0 bridgehead atoms. The SMILES string of the molecule is Cc1ccsc1C[NH+](C)[C@@H](C)C(=O)c1c(C)[nH]c2ccccc12. The van der Waals surface area contributed by atoms with Crippen LogP contribution in [0.25, 0.3) is 10.9 Å². The standard InChI is InChI=1S/C19H22N2OS/c1-12-9-10-23-17(12)11-21(4)14(3)19(22)18-13(2)20-16-8-6-5-7-15(16)18/h5-10,14,20H,11H2,1-4H3/p+1/t14-/m0/s1. The van der Waals surface area contributed by atoms with E-state index in [1.165, 1.54) is 15.3 Å². The second-order valence-corrected chi connectivity index (χ2v) is 7.31. The Morgan fingerprint density at radius 2 is 2.00 bits per heavy atom. The van der Waals surface area contributed by atoms with Crippen LogP contribution in [0, 0.1) is 13.8 Å². The average molecular weight is 327 g/mol. The molecule has 1 aromatic carbocycles. The van der Waals surface area contributed by atoms with Crippen molar-refractivity contribution in [2.75, 3.05) is 7.05 Å². The van der Waals surface area contributed by atoms with E-state index in [1.54, 1.807) is 11.3 Å².